The number of nitrogens with zero attached hydrogens (tertiary/aromatic N) is 1. The molecule has 2 aliphatic rings. The van der Waals surface area contributed by atoms with Crippen molar-refractivity contribution in [1.29, 1.82) is 0 Å². The van der Waals surface area contributed by atoms with E-state index in [1.165, 1.54) is 4.31 Å². The number of benzene rings is 1. The Morgan fingerprint density at radius 3 is 2.31 bits per heavy atom. The molecule has 0 radical (unpaired) electrons. The van der Waals surface area contributed by atoms with Crippen LogP contribution in [-0.2, 0) is 19.6 Å². The molecule has 1 saturated carbocycles. The normalized spacial score (nSPS) is 20.9. The first-order valence-electron chi connectivity index (χ1n) is 10.8. The van der Waals surface area contributed by atoms with Crippen LogP contribution in [0.15, 0.2) is 17.0 Å². The number of sulfonamides is 1. The van der Waals surface area contributed by atoms with Crippen LogP contribution in [0.5, 0.6) is 0 Å². The molecular weight excluding hydrogens is 388 g/mol. The van der Waals surface area contributed by atoms with E-state index < -0.39 is 10.0 Å². The van der Waals surface area contributed by atoms with E-state index in [0.29, 0.717) is 11.4 Å². The van der Waals surface area contributed by atoms with Gasteiger partial charge >= 0.3 is 0 Å². The molecule has 0 unspecified atom stereocenters. The number of rotatable bonds is 7. The lowest BCUT2D eigenvalue weighted by Gasteiger charge is -2.34. The number of carbonyl (C=O) groups is 1. The largest absolute Gasteiger partial charge is 0.376 e. The van der Waals surface area contributed by atoms with Crippen LogP contribution in [0.25, 0.3) is 0 Å². The fraction of sp³-hybridized carbons (Fsp3) is 0.682. The van der Waals surface area contributed by atoms with E-state index in [0.717, 1.165) is 68.2 Å². The Labute approximate surface area is 175 Å². The zero-order valence-electron chi connectivity index (χ0n) is 17.9. The van der Waals surface area contributed by atoms with E-state index in [2.05, 4.69) is 5.32 Å². The van der Waals surface area contributed by atoms with E-state index in [1.807, 2.05) is 32.9 Å². The van der Waals surface area contributed by atoms with Gasteiger partial charge in [0.05, 0.1) is 17.5 Å². The minimum atomic E-state index is -3.77. The summed E-state index contributed by atoms with van der Waals surface area (Å²) in [7, 11) is -3.77. The van der Waals surface area contributed by atoms with Gasteiger partial charge in [-0.15, -0.1) is 0 Å². The van der Waals surface area contributed by atoms with Crippen LogP contribution < -0.4 is 5.32 Å². The van der Waals surface area contributed by atoms with Crippen molar-refractivity contribution in [3.05, 3.63) is 28.8 Å². The first-order chi connectivity index (χ1) is 13.8. The van der Waals surface area contributed by atoms with E-state index in [1.54, 1.807) is 0 Å². The predicted octanol–water partition coefficient (Wildman–Crippen LogP) is 3.23. The summed E-state index contributed by atoms with van der Waals surface area (Å²) in [4.78, 5) is 13.0. The Hall–Kier alpha value is -1.44. The van der Waals surface area contributed by atoms with Crippen molar-refractivity contribution >= 4 is 15.9 Å². The molecule has 1 amide bonds. The van der Waals surface area contributed by atoms with Crippen LogP contribution in [0.4, 0.5) is 0 Å². The molecule has 0 aromatic heterocycles. The third kappa shape index (κ3) is 5.38. The lowest BCUT2D eigenvalue weighted by Crippen LogP contribution is -2.48. The third-order valence-electron chi connectivity index (χ3n) is 6.00. The van der Waals surface area contributed by atoms with Crippen molar-refractivity contribution in [3.63, 3.8) is 0 Å². The maximum Gasteiger partial charge on any atom is 0.244 e. The van der Waals surface area contributed by atoms with Crippen molar-refractivity contribution < 1.29 is 17.9 Å². The highest BCUT2D eigenvalue weighted by atomic mass is 32.2. The lowest BCUT2D eigenvalue weighted by atomic mass is 9.95. The lowest BCUT2D eigenvalue weighted by molar-refractivity contribution is -0.122. The molecule has 0 bridgehead atoms. The van der Waals surface area contributed by atoms with Gasteiger partial charge in [-0.25, -0.2) is 8.42 Å². The predicted molar refractivity (Wildman–Crippen MR) is 113 cm³/mol. The molecular formula is C22H34N2O4S. The van der Waals surface area contributed by atoms with E-state index >= 15 is 0 Å². The Kier molecular flexibility index (Phi) is 7.35. The molecule has 1 N–H and O–H groups in total. The maximum absolute atomic E-state index is 13.7. The van der Waals surface area contributed by atoms with Gasteiger partial charge in [0.25, 0.3) is 0 Å². The summed E-state index contributed by atoms with van der Waals surface area (Å²) in [5, 5.41) is 2.89. The average Bonchev–Trinajstić information content (AvgIpc) is 3.17. The van der Waals surface area contributed by atoms with Crippen molar-refractivity contribution in [3.8, 4) is 0 Å². The van der Waals surface area contributed by atoms with Crippen molar-refractivity contribution in [2.75, 3.05) is 19.7 Å². The molecule has 1 aliphatic carbocycles. The second-order valence-corrected chi connectivity index (χ2v) is 10.3. The summed E-state index contributed by atoms with van der Waals surface area (Å²) in [5.41, 5.74) is 2.52. The van der Waals surface area contributed by atoms with Gasteiger partial charge in [0.15, 0.2) is 0 Å². The zero-order chi connectivity index (χ0) is 21.0. The summed E-state index contributed by atoms with van der Waals surface area (Å²) in [6.07, 6.45) is 6.73. The molecule has 0 spiro atoms. The number of hydrogen-bond acceptors (Lipinski definition) is 4. The highest BCUT2D eigenvalue weighted by Gasteiger charge is 2.35. The first kappa shape index (κ1) is 22.2. The van der Waals surface area contributed by atoms with Crippen LogP contribution in [0.3, 0.4) is 0 Å². The molecule has 1 aromatic carbocycles. The molecule has 1 saturated heterocycles. The van der Waals surface area contributed by atoms with Gasteiger partial charge in [0, 0.05) is 19.2 Å². The number of nitrogens with one attached hydrogen (secondary N) is 1. The van der Waals surface area contributed by atoms with E-state index in [-0.39, 0.29) is 24.6 Å². The number of amides is 1. The molecule has 3 rings (SSSR count). The third-order valence-corrected chi connectivity index (χ3v) is 8.21. The second kappa shape index (κ2) is 9.58. The minimum Gasteiger partial charge on any atom is -0.376 e. The summed E-state index contributed by atoms with van der Waals surface area (Å²) >= 11 is 0. The molecule has 1 aliphatic heterocycles. The van der Waals surface area contributed by atoms with Crippen LogP contribution in [0.2, 0.25) is 0 Å². The molecule has 6 nitrogen and oxygen atoms in total. The van der Waals surface area contributed by atoms with Gasteiger partial charge in [0.2, 0.25) is 15.9 Å². The molecule has 29 heavy (non-hydrogen) atoms. The Bertz CT molecular complexity index is 802. The molecule has 1 aromatic rings. The SMILES string of the molecule is Cc1cc(C)c(S(=O)(=O)N(CC(=O)NC[C@H]2CCCO2)C2CCCCC2)c(C)c1. The Balaban J connectivity index is 1.83. The van der Waals surface area contributed by atoms with Crippen LogP contribution in [-0.4, -0.2) is 50.5 Å². The minimum absolute atomic E-state index is 0.0419. The number of hydrogen-bond donors (Lipinski definition) is 1. The molecule has 7 heteroatoms. The van der Waals surface area contributed by atoms with Gasteiger partial charge in [-0.05, 0) is 57.6 Å². The van der Waals surface area contributed by atoms with Gasteiger partial charge in [-0.3, -0.25) is 4.79 Å². The fourth-order valence-electron chi connectivity index (χ4n) is 4.70. The van der Waals surface area contributed by atoms with Gasteiger partial charge < -0.3 is 10.1 Å². The number of ether oxygens (including phenoxy) is 1. The van der Waals surface area contributed by atoms with Crippen molar-refractivity contribution in [2.24, 2.45) is 0 Å². The highest BCUT2D eigenvalue weighted by molar-refractivity contribution is 7.89. The quantitative estimate of drug-likeness (QED) is 0.732. The fourth-order valence-corrected chi connectivity index (χ4v) is 6.76. The Morgan fingerprint density at radius 1 is 1.07 bits per heavy atom. The standard InChI is InChI=1S/C22H34N2O4S/c1-16-12-17(2)22(18(3)13-16)29(26,27)24(19-8-5-4-6-9-19)15-21(25)23-14-20-10-7-11-28-20/h12-13,19-20H,4-11,14-15H2,1-3H3,(H,23,25)/t20-/m1/s1. The second-order valence-electron chi connectivity index (χ2n) is 8.51. The van der Waals surface area contributed by atoms with E-state index in [4.69, 9.17) is 4.74 Å². The smallest absolute Gasteiger partial charge is 0.244 e. The number of carbonyl (C=O) groups excluding carboxylic acids is 1. The summed E-state index contributed by atoms with van der Waals surface area (Å²) in [6.45, 7) is 6.68. The van der Waals surface area contributed by atoms with Gasteiger partial charge in [-0.2, -0.15) is 4.31 Å². The zero-order valence-corrected chi connectivity index (χ0v) is 18.7. The van der Waals surface area contributed by atoms with Crippen molar-refractivity contribution in [2.45, 2.75) is 82.8 Å². The summed E-state index contributed by atoms with van der Waals surface area (Å²) < 4.78 is 34.4. The van der Waals surface area contributed by atoms with Gasteiger partial charge in [-0.1, -0.05) is 37.0 Å². The summed E-state index contributed by atoms with van der Waals surface area (Å²) in [5.74, 6) is -0.253. The van der Waals surface area contributed by atoms with Gasteiger partial charge in [0.1, 0.15) is 0 Å². The van der Waals surface area contributed by atoms with Crippen LogP contribution in [0.1, 0.15) is 61.6 Å². The summed E-state index contributed by atoms with van der Waals surface area (Å²) in [6, 6.07) is 3.68. The topological polar surface area (TPSA) is 75.7 Å². The van der Waals surface area contributed by atoms with Crippen molar-refractivity contribution in [1.82, 2.24) is 9.62 Å². The monoisotopic (exact) mass is 422 g/mol. The highest BCUT2D eigenvalue weighted by Crippen LogP contribution is 2.31. The molecule has 1 atom stereocenters. The number of aryl methyl sites for hydroxylation is 3. The molecule has 2 fully saturated rings. The average molecular weight is 423 g/mol. The van der Waals surface area contributed by atoms with Crippen LogP contribution >= 0.6 is 0 Å². The maximum atomic E-state index is 13.7. The first-order valence-corrected chi connectivity index (χ1v) is 12.2. The Morgan fingerprint density at radius 2 is 1.72 bits per heavy atom. The molecule has 1 heterocycles. The van der Waals surface area contributed by atoms with E-state index in [9.17, 15) is 13.2 Å². The molecule has 162 valence electrons. The van der Waals surface area contributed by atoms with Crippen LogP contribution in [0, 0.1) is 20.8 Å².